The predicted molar refractivity (Wildman–Crippen MR) is 122 cm³/mol. The molecular formula is C24H24FN3O5. The number of aryl methyl sites for hydroxylation is 3. The third kappa shape index (κ3) is 5.20. The van der Waals surface area contributed by atoms with E-state index in [1.807, 2.05) is 32.0 Å². The number of amides is 2. The van der Waals surface area contributed by atoms with Crippen LogP contribution in [0.25, 0.3) is 11.1 Å². The summed E-state index contributed by atoms with van der Waals surface area (Å²) in [7, 11) is 1.44. The molecule has 1 heterocycles. The van der Waals surface area contributed by atoms with Crippen molar-refractivity contribution in [1.82, 2.24) is 9.88 Å². The first-order valence-electron chi connectivity index (χ1n) is 10.1. The van der Waals surface area contributed by atoms with E-state index in [9.17, 15) is 29.0 Å². The highest BCUT2D eigenvalue weighted by Crippen LogP contribution is 2.31. The van der Waals surface area contributed by atoms with Crippen LogP contribution in [0.15, 0.2) is 53.5 Å². The van der Waals surface area contributed by atoms with Crippen LogP contribution >= 0.6 is 0 Å². The number of aromatic hydroxyl groups is 1. The molecule has 0 saturated heterocycles. The minimum Gasteiger partial charge on any atom is -0.505 e. The number of urea groups is 1. The number of benzene rings is 2. The number of pyridine rings is 1. The number of carboxylic acid groups (broad SMARTS) is 1. The summed E-state index contributed by atoms with van der Waals surface area (Å²) >= 11 is 0. The standard InChI is InChI=1S/C24H24FN3O5/c1-13-5-4-6-14(2)21(13)15-7-8-17(25)16(11-15)18(12-20(30)31)26-24(33)27-22-19(29)9-10-28(3)23(22)32/h4-11,18,29H,12H2,1-3H3,(H,30,31)(H2,26,27,33)/t18-/m0/s1. The van der Waals surface area contributed by atoms with Gasteiger partial charge in [0, 0.05) is 18.8 Å². The summed E-state index contributed by atoms with van der Waals surface area (Å²) in [4.78, 5) is 36.2. The Morgan fingerprint density at radius 3 is 2.42 bits per heavy atom. The lowest BCUT2D eigenvalue weighted by molar-refractivity contribution is -0.137. The molecule has 0 saturated carbocycles. The number of carbonyl (C=O) groups is 2. The zero-order valence-electron chi connectivity index (χ0n) is 18.3. The van der Waals surface area contributed by atoms with Gasteiger partial charge in [-0.25, -0.2) is 9.18 Å². The molecule has 1 atom stereocenters. The number of hydrogen-bond acceptors (Lipinski definition) is 4. The first-order chi connectivity index (χ1) is 15.6. The monoisotopic (exact) mass is 453 g/mol. The summed E-state index contributed by atoms with van der Waals surface area (Å²) in [6.07, 6.45) is 0.724. The van der Waals surface area contributed by atoms with Gasteiger partial charge in [-0.05, 0) is 54.3 Å². The van der Waals surface area contributed by atoms with Crippen molar-refractivity contribution >= 4 is 17.7 Å². The van der Waals surface area contributed by atoms with Crippen molar-refractivity contribution in [2.75, 3.05) is 5.32 Å². The number of aliphatic carboxylic acids is 1. The smallest absolute Gasteiger partial charge is 0.319 e. The Hall–Kier alpha value is -4.14. The molecule has 1 aromatic heterocycles. The topological polar surface area (TPSA) is 121 Å². The fourth-order valence-corrected chi connectivity index (χ4v) is 3.69. The second-order valence-electron chi connectivity index (χ2n) is 7.74. The zero-order chi connectivity index (χ0) is 24.3. The number of rotatable bonds is 6. The van der Waals surface area contributed by atoms with Gasteiger partial charge in [0.2, 0.25) is 0 Å². The molecule has 0 fully saturated rings. The molecule has 2 amide bonds. The molecule has 3 rings (SSSR count). The molecule has 8 nitrogen and oxygen atoms in total. The Morgan fingerprint density at radius 1 is 1.12 bits per heavy atom. The van der Waals surface area contributed by atoms with Crippen molar-refractivity contribution < 1.29 is 24.2 Å². The SMILES string of the molecule is Cc1cccc(C)c1-c1ccc(F)c([C@H](CC(=O)O)NC(=O)Nc2c(O)ccn(C)c2=O)c1. The van der Waals surface area contributed by atoms with Crippen LogP contribution in [0.1, 0.15) is 29.2 Å². The number of hydrogen-bond donors (Lipinski definition) is 4. The zero-order valence-corrected chi connectivity index (χ0v) is 18.3. The first kappa shape index (κ1) is 23.5. The lowest BCUT2D eigenvalue weighted by Crippen LogP contribution is -2.36. The molecule has 33 heavy (non-hydrogen) atoms. The van der Waals surface area contributed by atoms with Gasteiger partial charge in [0.05, 0.1) is 12.5 Å². The minimum atomic E-state index is -1.25. The number of carbonyl (C=O) groups excluding carboxylic acids is 1. The lowest BCUT2D eigenvalue weighted by atomic mass is 9.92. The molecule has 0 aliphatic heterocycles. The van der Waals surface area contributed by atoms with Crippen molar-refractivity contribution in [3.05, 3.63) is 81.5 Å². The second kappa shape index (κ2) is 9.56. The van der Waals surface area contributed by atoms with Gasteiger partial charge in [0.1, 0.15) is 11.6 Å². The molecule has 172 valence electrons. The number of aromatic nitrogens is 1. The van der Waals surface area contributed by atoms with Gasteiger partial charge in [0.15, 0.2) is 5.69 Å². The van der Waals surface area contributed by atoms with E-state index >= 15 is 0 Å². The quantitative estimate of drug-likeness (QED) is 0.452. The van der Waals surface area contributed by atoms with Crippen molar-refractivity contribution in [2.24, 2.45) is 7.05 Å². The summed E-state index contributed by atoms with van der Waals surface area (Å²) in [5.74, 6) is -2.39. The highest BCUT2D eigenvalue weighted by Gasteiger charge is 2.23. The van der Waals surface area contributed by atoms with Crippen LogP contribution in [0.2, 0.25) is 0 Å². The average molecular weight is 453 g/mol. The Kier molecular flexibility index (Phi) is 6.81. The molecule has 0 aliphatic carbocycles. The van der Waals surface area contributed by atoms with E-state index in [-0.39, 0.29) is 11.3 Å². The predicted octanol–water partition coefficient (Wildman–Crippen LogP) is 3.85. The Balaban J connectivity index is 1.97. The van der Waals surface area contributed by atoms with E-state index in [0.29, 0.717) is 5.56 Å². The van der Waals surface area contributed by atoms with Crippen LogP contribution < -0.4 is 16.2 Å². The molecule has 0 bridgehead atoms. The van der Waals surface area contributed by atoms with E-state index in [0.717, 1.165) is 21.3 Å². The van der Waals surface area contributed by atoms with Crippen LogP contribution in [0, 0.1) is 19.7 Å². The maximum absolute atomic E-state index is 14.8. The highest BCUT2D eigenvalue weighted by atomic mass is 19.1. The third-order valence-electron chi connectivity index (χ3n) is 5.31. The average Bonchev–Trinajstić information content (AvgIpc) is 2.74. The summed E-state index contributed by atoms with van der Waals surface area (Å²) in [6.45, 7) is 3.83. The second-order valence-corrected chi connectivity index (χ2v) is 7.74. The Bertz CT molecular complexity index is 1270. The molecule has 0 unspecified atom stereocenters. The van der Waals surface area contributed by atoms with Gasteiger partial charge in [-0.2, -0.15) is 0 Å². The van der Waals surface area contributed by atoms with E-state index in [1.54, 1.807) is 6.07 Å². The number of carboxylic acids is 1. The number of halogens is 1. The molecule has 0 spiro atoms. The van der Waals surface area contributed by atoms with Crippen LogP contribution in [0.3, 0.4) is 0 Å². The fraction of sp³-hybridized carbons (Fsp3) is 0.208. The van der Waals surface area contributed by atoms with Crippen LogP contribution in [-0.4, -0.2) is 26.8 Å². The molecule has 4 N–H and O–H groups in total. The van der Waals surface area contributed by atoms with E-state index in [1.165, 1.54) is 31.4 Å². The van der Waals surface area contributed by atoms with Gasteiger partial charge in [-0.1, -0.05) is 24.3 Å². The van der Waals surface area contributed by atoms with Crippen LogP contribution in [0.4, 0.5) is 14.9 Å². The van der Waals surface area contributed by atoms with Crippen molar-refractivity contribution in [3.8, 4) is 16.9 Å². The van der Waals surface area contributed by atoms with E-state index in [2.05, 4.69) is 10.6 Å². The van der Waals surface area contributed by atoms with Gasteiger partial charge in [0.25, 0.3) is 5.56 Å². The van der Waals surface area contributed by atoms with Crippen LogP contribution in [0.5, 0.6) is 5.75 Å². The summed E-state index contributed by atoms with van der Waals surface area (Å²) < 4.78 is 15.9. The fourth-order valence-electron chi connectivity index (χ4n) is 3.69. The molecule has 3 aromatic rings. The Morgan fingerprint density at radius 2 is 1.79 bits per heavy atom. The summed E-state index contributed by atoms with van der Waals surface area (Å²) in [6, 6.07) is 9.09. The maximum Gasteiger partial charge on any atom is 0.319 e. The van der Waals surface area contributed by atoms with Gasteiger partial charge >= 0.3 is 12.0 Å². The number of nitrogens with one attached hydrogen (secondary N) is 2. The maximum atomic E-state index is 14.8. The van der Waals surface area contributed by atoms with Gasteiger partial charge in [-0.3, -0.25) is 9.59 Å². The molecule has 9 heteroatoms. The summed E-state index contributed by atoms with van der Waals surface area (Å²) in [5.41, 5.74) is 2.42. The lowest BCUT2D eigenvalue weighted by Gasteiger charge is -2.20. The van der Waals surface area contributed by atoms with Crippen molar-refractivity contribution in [2.45, 2.75) is 26.3 Å². The van der Waals surface area contributed by atoms with Crippen LogP contribution in [-0.2, 0) is 11.8 Å². The van der Waals surface area contributed by atoms with E-state index < -0.39 is 41.6 Å². The third-order valence-corrected chi connectivity index (χ3v) is 5.31. The van der Waals surface area contributed by atoms with E-state index in [4.69, 9.17) is 0 Å². The Labute approximate surface area is 189 Å². The summed E-state index contributed by atoms with van der Waals surface area (Å²) in [5, 5.41) is 23.9. The van der Waals surface area contributed by atoms with Crippen molar-refractivity contribution in [1.29, 1.82) is 0 Å². The highest BCUT2D eigenvalue weighted by molar-refractivity contribution is 5.91. The number of anilines is 1. The molecular weight excluding hydrogens is 429 g/mol. The first-order valence-corrected chi connectivity index (χ1v) is 10.1. The van der Waals surface area contributed by atoms with Gasteiger partial charge in [-0.15, -0.1) is 0 Å². The largest absolute Gasteiger partial charge is 0.505 e. The number of nitrogens with zero attached hydrogens (tertiary/aromatic N) is 1. The van der Waals surface area contributed by atoms with Gasteiger partial charge < -0.3 is 25.4 Å². The molecule has 2 aromatic carbocycles. The molecule has 0 radical (unpaired) electrons. The van der Waals surface area contributed by atoms with Crippen molar-refractivity contribution in [3.63, 3.8) is 0 Å². The molecule has 0 aliphatic rings. The normalized spacial score (nSPS) is 11.6. The minimum absolute atomic E-state index is 0.0158.